The highest BCUT2D eigenvalue weighted by Crippen LogP contribution is 2.29. The predicted octanol–water partition coefficient (Wildman–Crippen LogP) is 3.40. The number of hydrogen-bond acceptors (Lipinski definition) is 5. The van der Waals surface area contributed by atoms with E-state index in [1.165, 1.54) is 32.1 Å². The van der Waals surface area contributed by atoms with E-state index in [1.807, 2.05) is 6.92 Å². The second kappa shape index (κ2) is 8.84. The Morgan fingerprint density at radius 1 is 1.15 bits per heavy atom. The third-order valence-electron chi connectivity index (χ3n) is 5.34. The van der Waals surface area contributed by atoms with Crippen LogP contribution in [0.3, 0.4) is 0 Å². The lowest BCUT2D eigenvalue weighted by Crippen LogP contribution is -2.39. The van der Waals surface area contributed by atoms with Crippen LogP contribution in [0.2, 0.25) is 0 Å². The standard InChI is InChI=1S/C19H32N6S/c1-4-20-19(26)23-18-21-16(24-10-7-8-14(2)13-24)12-17(22-18)25-11-6-5-9-15(25)3/h12,14-15H,4-11,13H2,1-3H3,(H2,20,21,22,23,26)/t14-,15+/m1/s1. The first-order chi connectivity index (χ1) is 12.6. The number of anilines is 3. The lowest BCUT2D eigenvalue weighted by Gasteiger charge is -2.36. The van der Waals surface area contributed by atoms with Gasteiger partial charge in [0.15, 0.2) is 5.11 Å². The maximum atomic E-state index is 5.35. The maximum Gasteiger partial charge on any atom is 0.232 e. The molecular weight excluding hydrogens is 344 g/mol. The summed E-state index contributed by atoms with van der Waals surface area (Å²) in [7, 11) is 0. The molecule has 0 bridgehead atoms. The molecule has 0 aliphatic carbocycles. The van der Waals surface area contributed by atoms with Crippen molar-refractivity contribution in [3.05, 3.63) is 6.07 Å². The third-order valence-corrected chi connectivity index (χ3v) is 5.59. The zero-order chi connectivity index (χ0) is 18.5. The summed E-state index contributed by atoms with van der Waals surface area (Å²) in [5.74, 6) is 3.33. The fourth-order valence-corrected chi connectivity index (χ4v) is 4.16. The Morgan fingerprint density at radius 3 is 2.69 bits per heavy atom. The van der Waals surface area contributed by atoms with Crippen molar-refractivity contribution in [2.75, 3.05) is 41.3 Å². The summed E-state index contributed by atoms with van der Waals surface area (Å²) in [5, 5.41) is 6.87. The number of thiocarbonyl (C=S) groups is 1. The molecule has 2 aliphatic heterocycles. The van der Waals surface area contributed by atoms with Crippen molar-refractivity contribution in [3.63, 3.8) is 0 Å². The van der Waals surface area contributed by atoms with Gasteiger partial charge in [-0.1, -0.05) is 6.92 Å². The molecule has 0 aromatic carbocycles. The van der Waals surface area contributed by atoms with Gasteiger partial charge in [0.25, 0.3) is 0 Å². The molecule has 2 saturated heterocycles. The van der Waals surface area contributed by atoms with Crippen LogP contribution in [-0.4, -0.2) is 47.3 Å². The summed E-state index contributed by atoms with van der Waals surface area (Å²) in [5.41, 5.74) is 0. The normalized spacial score (nSPS) is 23.7. The highest BCUT2D eigenvalue weighted by atomic mass is 32.1. The van der Waals surface area contributed by atoms with Crippen LogP contribution >= 0.6 is 12.2 Å². The van der Waals surface area contributed by atoms with Gasteiger partial charge in [0, 0.05) is 38.3 Å². The smallest absolute Gasteiger partial charge is 0.232 e. The van der Waals surface area contributed by atoms with Gasteiger partial charge in [-0.15, -0.1) is 0 Å². The Bertz CT molecular complexity index is 622. The number of hydrogen-bond donors (Lipinski definition) is 2. The van der Waals surface area contributed by atoms with Gasteiger partial charge >= 0.3 is 0 Å². The van der Waals surface area contributed by atoms with Gasteiger partial charge in [-0.05, 0) is 64.1 Å². The minimum absolute atomic E-state index is 0.514. The summed E-state index contributed by atoms with van der Waals surface area (Å²) in [6, 6.07) is 2.68. The molecule has 7 heteroatoms. The van der Waals surface area contributed by atoms with Gasteiger partial charge in [-0.2, -0.15) is 9.97 Å². The van der Waals surface area contributed by atoms with Crippen molar-refractivity contribution in [1.29, 1.82) is 0 Å². The van der Waals surface area contributed by atoms with Crippen LogP contribution in [0.15, 0.2) is 6.07 Å². The van der Waals surface area contributed by atoms with Gasteiger partial charge in [0.2, 0.25) is 5.95 Å². The first-order valence-electron chi connectivity index (χ1n) is 10.0. The Balaban J connectivity index is 1.89. The number of nitrogens with zero attached hydrogens (tertiary/aromatic N) is 4. The van der Waals surface area contributed by atoms with E-state index in [9.17, 15) is 0 Å². The summed E-state index contributed by atoms with van der Waals surface area (Å²) in [6.07, 6.45) is 6.27. The topological polar surface area (TPSA) is 56.3 Å². The zero-order valence-electron chi connectivity index (χ0n) is 16.3. The molecule has 1 aromatic rings. The predicted molar refractivity (Wildman–Crippen MR) is 113 cm³/mol. The van der Waals surface area contributed by atoms with Crippen molar-refractivity contribution < 1.29 is 0 Å². The summed E-state index contributed by atoms with van der Waals surface area (Å²) < 4.78 is 0. The Morgan fingerprint density at radius 2 is 1.96 bits per heavy atom. The molecule has 3 rings (SSSR count). The van der Waals surface area contributed by atoms with Crippen LogP contribution in [0, 0.1) is 5.92 Å². The minimum atomic E-state index is 0.514. The van der Waals surface area contributed by atoms with Gasteiger partial charge in [-0.25, -0.2) is 0 Å². The van der Waals surface area contributed by atoms with Gasteiger partial charge in [0.1, 0.15) is 11.6 Å². The van der Waals surface area contributed by atoms with E-state index in [0.29, 0.717) is 23.0 Å². The first kappa shape index (κ1) is 19.1. The number of aromatic nitrogens is 2. The fourth-order valence-electron chi connectivity index (χ4n) is 3.93. The van der Waals surface area contributed by atoms with E-state index < -0.39 is 0 Å². The molecule has 2 fully saturated rings. The van der Waals surface area contributed by atoms with Crippen LogP contribution in [0.5, 0.6) is 0 Å². The summed E-state index contributed by atoms with van der Waals surface area (Å²) in [4.78, 5) is 14.4. The molecule has 0 saturated carbocycles. The average Bonchev–Trinajstić information content (AvgIpc) is 2.62. The summed E-state index contributed by atoms with van der Waals surface area (Å²) >= 11 is 5.35. The van der Waals surface area contributed by atoms with Crippen molar-refractivity contribution in [2.45, 2.75) is 58.9 Å². The van der Waals surface area contributed by atoms with Crippen molar-refractivity contribution in [3.8, 4) is 0 Å². The van der Waals surface area contributed by atoms with Gasteiger partial charge in [-0.3, -0.25) is 0 Å². The molecule has 6 nitrogen and oxygen atoms in total. The Labute approximate surface area is 162 Å². The molecule has 3 heterocycles. The van der Waals surface area contributed by atoms with Crippen molar-refractivity contribution in [1.82, 2.24) is 15.3 Å². The van der Waals surface area contributed by atoms with Crippen LogP contribution in [0.1, 0.15) is 52.9 Å². The highest BCUT2D eigenvalue weighted by molar-refractivity contribution is 7.80. The zero-order valence-corrected chi connectivity index (χ0v) is 17.1. The molecular formula is C19H32N6S. The molecule has 1 aromatic heterocycles. The number of rotatable bonds is 4. The average molecular weight is 377 g/mol. The maximum absolute atomic E-state index is 5.35. The van der Waals surface area contributed by atoms with E-state index >= 15 is 0 Å². The fraction of sp³-hybridized carbons (Fsp3) is 0.737. The third kappa shape index (κ3) is 4.75. The quantitative estimate of drug-likeness (QED) is 0.781. The van der Waals surface area contributed by atoms with Crippen molar-refractivity contribution >= 4 is 34.9 Å². The second-order valence-electron chi connectivity index (χ2n) is 7.62. The lowest BCUT2D eigenvalue weighted by atomic mass is 10.0. The van der Waals surface area contributed by atoms with Crippen LogP contribution < -0.4 is 20.4 Å². The minimum Gasteiger partial charge on any atom is -0.363 e. The van der Waals surface area contributed by atoms with Crippen LogP contribution in [-0.2, 0) is 0 Å². The Kier molecular flexibility index (Phi) is 6.51. The molecule has 0 spiro atoms. The highest BCUT2D eigenvalue weighted by Gasteiger charge is 2.24. The molecule has 2 atom stereocenters. The van der Waals surface area contributed by atoms with E-state index in [1.54, 1.807) is 0 Å². The monoisotopic (exact) mass is 376 g/mol. The first-order valence-corrected chi connectivity index (χ1v) is 10.4. The van der Waals surface area contributed by atoms with Crippen molar-refractivity contribution in [2.24, 2.45) is 5.92 Å². The molecule has 2 aliphatic rings. The molecule has 144 valence electrons. The van der Waals surface area contributed by atoms with Crippen LogP contribution in [0.25, 0.3) is 0 Å². The van der Waals surface area contributed by atoms with E-state index in [-0.39, 0.29) is 0 Å². The molecule has 0 radical (unpaired) electrons. The van der Waals surface area contributed by atoms with Gasteiger partial charge in [0.05, 0.1) is 0 Å². The second-order valence-corrected chi connectivity index (χ2v) is 8.03. The lowest BCUT2D eigenvalue weighted by molar-refractivity contribution is 0.444. The Hall–Kier alpha value is -1.63. The molecule has 26 heavy (non-hydrogen) atoms. The van der Waals surface area contributed by atoms with E-state index in [0.717, 1.165) is 37.8 Å². The largest absolute Gasteiger partial charge is 0.363 e. The van der Waals surface area contributed by atoms with Gasteiger partial charge < -0.3 is 20.4 Å². The molecule has 0 amide bonds. The molecule has 2 N–H and O–H groups in total. The molecule has 0 unspecified atom stereocenters. The van der Waals surface area contributed by atoms with Crippen LogP contribution in [0.4, 0.5) is 17.6 Å². The van der Waals surface area contributed by atoms with E-state index in [4.69, 9.17) is 22.2 Å². The summed E-state index contributed by atoms with van der Waals surface area (Å²) in [6.45, 7) is 10.6. The SMILES string of the molecule is CCNC(=S)Nc1nc(N2CCC[C@@H](C)C2)cc(N2CCCC[C@@H]2C)n1. The number of piperidine rings is 2. The number of nitrogens with one attached hydrogen (secondary N) is 2. The van der Waals surface area contributed by atoms with E-state index in [2.05, 4.69) is 40.3 Å².